The van der Waals surface area contributed by atoms with Crippen molar-refractivity contribution in [1.29, 1.82) is 0 Å². The second-order valence-electron chi connectivity index (χ2n) is 1.29. The molecule has 0 fully saturated rings. The lowest BCUT2D eigenvalue weighted by Crippen LogP contribution is -1.86. The maximum atomic E-state index is 8.41. The summed E-state index contributed by atoms with van der Waals surface area (Å²) in [5, 5.41) is 1.16. The summed E-state index contributed by atoms with van der Waals surface area (Å²) in [6.45, 7) is 3.89. The van der Waals surface area contributed by atoms with Crippen LogP contribution in [0.2, 0.25) is 0 Å². The highest BCUT2D eigenvalue weighted by Crippen LogP contribution is 1.81. The zero-order chi connectivity index (χ0) is 4.99. The predicted octanol–water partition coefficient (Wildman–Crippen LogP) is -0.0138. The van der Waals surface area contributed by atoms with Gasteiger partial charge in [0.25, 0.3) is 0 Å². The van der Waals surface area contributed by atoms with Crippen molar-refractivity contribution in [2.24, 2.45) is 0 Å². The summed E-state index contributed by atoms with van der Waals surface area (Å²) in [5.41, 5.74) is 0. The smallest absolute Gasteiger partial charge is 0.183 e. The third kappa shape index (κ3) is 2.17. The molecule has 0 unspecified atom stereocenters. The van der Waals surface area contributed by atoms with Gasteiger partial charge in [0.15, 0.2) is 9.76 Å². The minimum absolute atomic E-state index is 0.801. The number of hydrogen-bond donors (Lipinski definition) is 1. The van der Waals surface area contributed by atoms with Crippen molar-refractivity contribution in [3.8, 4) is 0 Å². The fourth-order valence-electron chi connectivity index (χ4n) is 0.0913. The van der Waals surface area contributed by atoms with Gasteiger partial charge in [-0.3, -0.25) is 0 Å². The van der Waals surface area contributed by atoms with Gasteiger partial charge in [-0.2, -0.15) is 0 Å². The normalized spacial score (nSPS) is 14.2. The Morgan fingerprint density at radius 2 is 2.33 bits per heavy atom. The van der Waals surface area contributed by atoms with Crippen LogP contribution in [0.3, 0.4) is 0 Å². The van der Waals surface area contributed by atoms with Crippen molar-refractivity contribution in [3.05, 3.63) is 11.3 Å². The van der Waals surface area contributed by atoms with Crippen LogP contribution in [-0.4, -0.2) is 14.6 Å². The molecule has 0 aromatic heterocycles. The number of hydrogen-bond acceptors (Lipinski definition) is 1. The minimum Gasteiger partial charge on any atom is -0.434 e. The maximum absolute atomic E-state index is 8.41. The van der Waals surface area contributed by atoms with Gasteiger partial charge < -0.3 is 4.80 Å². The molecule has 36 valence electrons. The summed E-state index contributed by atoms with van der Waals surface area (Å²) >= 11 is 0. The van der Waals surface area contributed by atoms with Crippen LogP contribution < -0.4 is 0 Å². The molecule has 1 N–H and O–H groups in total. The number of rotatable bonds is 1. The van der Waals surface area contributed by atoms with E-state index in [1.807, 2.05) is 19.9 Å². The Balaban J connectivity index is 3.22. The van der Waals surface area contributed by atoms with Gasteiger partial charge in [0, 0.05) is 0 Å². The van der Waals surface area contributed by atoms with Crippen molar-refractivity contribution in [2.75, 3.05) is 0 Å². The van der Waals surface area contributed by atoms with Crippen molar-refractivity contribution in [2.45, 2.75) is 13.8 Å². The van der Waals surface area contributed by atoms with E-state index in [0.29, 0.717) is 0 Å². The Kier molecular flexibility index (Phi) is 3.08. The summed E-state index contributed by atoms with van der Waals surface area (Å²) in [5.74, 6) is 0. The highest BCUT2D eigenvalue weighted by atomic mass is 28.2. The molecule has 0 amide bonds. The summed E-state index contributed by atoms with van der Waals surface area (Å²) < 4.78 is 0. The van der Waals surface area contributed by atoms with E-state index in [9.17, 15) is 0 Å². The average Bonchev–Trinajstić information content (AvgIpc) is 1.65. The van der Waals surface area contributed by atoms with Crippen LogP contribution in [0, 0.1) is 0 Å². The summed E-state index contributed by atoms with van der Waals surface area (Å²) in [7, 11) is -0.801. The average molecular weight is 102 g/mol. The van der Waals surface area contributed by atoms with Gasteiger partial charge >= 0.3 is 0 Å². The molecule has 0 heterocycles. The van der Waals surface area contributed by atoms with Crippen molar-refractivity contribution < 1.29 is 4.80 Å². The van der Waals surface area contributed by atoms with Gasteiger partial charge in [-0.25, -0.2) is 0 Å². The first-order valence-electron chi connectivity index (χ1n) is 2.04. The molecule has 0 spiro atoms. The molecular formula is C4H10OSi. The Labute approximate surface area is 40.6 Å². The van der Waals surface area contributed by atoms with Crippen molar-refractivity contribution in [3.63, 3.8) is 0 Å². The highest BCUT2D eigenvalue weighted by Gasteiger charge is 1.76. The lowest BCUT2D eigenvalue weighted by molar-refractivity contribution is 0.610. The summed E-state index contributed by atoms with van der Waals surface area (Å²) in [4.78, 5) is 8.41. The highest BCUT2D eigenvalue weighted by molar-refractivity contribution is 6.35. The second kappa shape index (κ2) is 3.12. The van der Waals surface area contributed by atoms with Crippen LogP contribution >= 0.6 is 0 Å². The van der Waals surface area contributed by atoms with Gasteiger partial charge in [-0.05, 0) is 13.8 Å². The van der Waals surface area contributed by atoms with Crippen LogP contribution in [0.1, 0.15) is 13.8 Å². The molecule has 0 saturated heterocycles. The molecule has 0 rings (SSSR count). The van der Waals surface area contributed by atoms with E-state index in [4.69, 9.17) is 4.80 Å². The first-order valence-corrected chi connectivity index (χ1v) is 3.38. The molecule has 1 nitrogen and oxygen atoms in total. The largest absolute Gasteiger partial charge is 0.434 e. The number of allylic oxidation sites excluding steroid dienone is 2. The van der Waals surface area contributed by atoms with Gasteiger partial charge in [-0.1, -0.05) is 11.3 Å². The SMILES string of the molecule is C/C=C(/C)[SiH2]O. The molecule has 6 heavy (non-hydrogen) atoms. The maximum Gasteiger partial charge on any atom is 0.183 e. The summed E-state index contributed by atoms with van der Waals surface area (Å²) in [6, 6.07) is 0. The molecule has 0 bridgehead atoms. The molecule has 0 aromatic carbocycles. The van der Waals surface area contributed by atoms with Gasteiger partial charge in [0.2, 0.25) is 0 Å². The molecule has 0 saturated carbocycles. The zero-order valence-electron chi connectivity index (χ0n) is 4.23. The lowest BCUT2D eigenvalue weighted by atomic mass is 10.6. The van der Waals surface area contributed by atoms with E-state index in [-0.39, 0.29) is 0 Å². The molecular weight excluding hydrogens is 92.1 g/mol. The van der Waals surface area contributed by atoms with Crippen molar-refractivity contribution in [1.82, 2.24) is 0 Å². The van der Waals surface area contributed by atoms with Crippen molar-refractivity contribution >= 4 is 9.76 Å². The molecule has 0 aromatic rings. The van der Waals surface area contributed by atoms with Gasteiger partial charge in [0.05, 0.1) is 0 Å². The lowest BCUT2D eigenvalue weighted by Gasteiger charge is -1.83. The monoisotopic (exact) mass is 102 g/mol. The third-order valence-electron chi connectivity index (χ3n) is 0.742. The molecule has 0 radical (unpaired) electrons. The zero-order valence-corrected chi connectivity index (χ0v) is 5.65. The fourth-order valence-corrected chi connectivity index (χ4v) is 0.274. The Morgan fingerprint density at radius 1 is 1.83 bits per heavy atom. The standard InChI is InChI=1S/C4H10OSi/c1-3-4(2)6-5/h3,5H,6H2,1-2H3/b4-3-. The minimum atomic E-state index is -0.801. The third-order valence-corrected chi connectivity index (χ3v) is 1.65. The first-order chi connectivity index (χ1) is 2.81. The Bertz CT molecular complexity index is 58.6. The first kappa shape index (κ1) is 5.92. The quantitative estimate of drug-likeness (QED) is 0.462. The van der Waals surface area contributed by atoms with E-state index in [1.165, 1.54) is 0 Å². The van der Waals surface area contributed by atoms with E-state index in [1.54, 1.807) is 0 Å². The van der Waals surface area contributed by atoms with Crippen LogP contribution in [0.15, 0.2) is 11.3 Å². The molecule has 0 atom stereocenters. The van der Waals surface area contributed by atoms with E-state index in [0.717, 1.165) is 5.20 Å². The van der Waals surface area contributed by atoms with Gasteiger partial charge in [0.1, 0.15) is 0 Å². The van der Waals surface area contributed by atoms with E-state index >= 15 is 0 Å². The fraction of sp³-hybridized carbons (Fsp3) is 0.500. The molecule has 0 aliphatic heterocycles. The topological polar surface area (TPSA) is 20.2 Å². The summed E-state index contributed by atoms with van der Waals surface area (Å²) in [6.07, 6.45) is 1.95. The van der Waals surface area contributed by atoms with E-state index in [2.05, 4.69) is 0 Å². The molecule has 2 heteroatoms. The molecule has 0 aliphatic rings. The van der Waals surface area contributed by atoms with Crippen LogP contribution in [0.5, 0.6) is 0 Å². The second-order valence-corrected chi connectivity index (χ2v) is 2.72. The predicted molar refractivity (Wildman–Crippen MR) is 30.2 cm³/mol. The van der Waals surface area contributed by atoms with Crippen LogP contribution in [-0.2, 0) is 0 Å². The Morgan fingerprint density at radius 3 is 2.33 bits per heavy atom. The molecule has 0 aliphatic carbocycles. The van der Waals surface area contributed by atoms with Gasteiger partial charge in [-0.15, -0.1) is 0 Å². The van der Waals surface area contributed by atoms with Crippen LogP contribution in [0.4, 0.5) is 0 Å². The Hall–Kier alpha value is -0.0831. The van der Waals surface area contributed by atoms with E-state index < -0.39 is 9.76 Å². The van der Waals surface area contributed by atoms with Crippen LogP contribution in [0.25, 0.3) is 0 Å².